The predicted octanol–water partition coefficient (Wildman–Crippen LogP) is 0.854. The van der Waals surface area contributed by atoms with Crippen molar-refractivity contribution in [2.75, 3.05) is 7.05 Å². The van der Waals surface area contributed by atoms with Crippen LogP contribution < -0.4 is 10.9 Å². The van der Waals surface area contributed by atoms with Gasteiger partial charge in [-0.1, -0.05) is 6.07 Å². The normalized spacial score (nSPS) is 10.6. The van der Waals surface area contributed by atoms with Crippen LogP contribution >= 0.6 is 0 Å². The van der Waals surface area contributed by atoms with Gasteiger partial charge in [-0.2, -0.15) is 0 Å². The number of hydrogen-bond acceptors (Lipinski definition) is 4. The van der Waals surface area contributed by atoms with Crippen molar-refractivity contribution >= 4 is 10.9 Å². The second kappa shape index (κ2) is 4.13. The summed E-state index contributed by atoms with van der Waals surface area (Å²) in [6.45, 7) is 0.743. The number of rotatable bonds is 3. The SMILES string of the molecule is CNNCc1cncc2ncccc12. The zero-order chi connectivity index (χ0) is 9.80. The summed E-state index contributed by atoms with van der Waals surface area (Å²) >= 11 is 0. The third-order valence-electron chi connectivity index (χ3n) is 2.07. The van der Waals surface area contributed by atoms with Crippen molar-refractivity contribution in [3.8, 4) is 0 Å². The lowest BCUT2D eigenvalue weighted by molar-refractivity contribution is 0.597. The zero-order valence-corrected chi connectivity index (χ0v) is 7.99. The fourth-order valence-electron chi connectivity index (χ4n) is 1.38. The molecular weight excluding hydrogens is 176 g/mol. The van der Waals surface area contributed by atoms with Crippen molar-refractivity contribution in [1.82, 2.24) is 20.8 Å². The molecule has 0 unspecified atom stereocenters. The molecule has 2 aromatic rings. The summed E-state index contributed by atoms with van der Waals surface area (Å²) in [5, 5.41) is 1.14. The molecule has 2 heterocycles. The molecular formula is C10H12N4. The molecule has 0 atom stereocenters. The monoisotopic (exact) mass is 188 g/mol. The van der Waals surface area contributed by atoms with Crippen LogP contribution in [0.2, 0.25) is 0 Å². The van der Waals surface area contributed by atoms with Crippen LogP contribution in [0.4, 0.5) is 0 Å². The Morgan fingerprint density at radius 2 is 2.29 bits per heavy atom. The van der Waals surface area contributed by atoms with Gasteiger partial charge in [0.25, 0.3) is 0 Å². The minimum absolute atomic E-state index is 0.743. The molecule has 0 saturated carbocycles. The number of aromatic nitrogens is 2. The molecule has 2 N–H and O–H groups in total. The van der Waals surface area contributed by atoms with Crippen LogP contribution in [0.25, 0.3) is 10.9 Å². The third kappa shape index (κ3) is 1.71. The molecule has 0 aromatic carbocycles. The van der Waals surface area contributed by atoms with Crippen molar-refractivity contribution in [2.45, 2.75) is 6.54 Å². The fraction of sp³-hybridized carbons (Fsp3) is 0.200. The smallest absolute Gasteiger partial charge is 0.0888 e. The van der Waals surface area contributed by atoms with Crippen molar-refractivity contribution in [3.05, 3.63) is 36.3 Å². The molecule has 0 spiro atoms. The van der Waals surface area contributed by atoms with Gasteiger partial charge in [-0.15, -0.1) is 0 Å². The summed E-state index contributed by atoms with van der Waals surface area (Å²) in [5.41, 5.74) is 8.00. The first kappa shape index (κ1) is 9.05. The molecule has 2 rings (SSSR count). The summed E-state index contributed by atoms with van der Waals surface area (Å²) in [6, 6.07) is 3.99. The van der Waals surface area contributed by atoms with Gasteiger partial charge in [0, 0.05) is 24.3 Å². The molecule has 0 radical (unpaired) electrons. The molecule has 72 valence electrons. The molecule has 0 aliphatic carbocycles. The molecule has 0 aliphatic heterocycles. The number of hydrazine groups is 1. The first-order valence-corrected chi connectivity index (χ1v) is 4.49. The summed E-state index contributed by atoms with van der Waals surface area (Å²) in [5.74, 6) is 0. The maximum Gasteiger partial charge on any atom is 0.0888 e. The molecule has 0 aliphatic rings. The highest BCUT2D eigenvalue weighted by molar-refractivity contribution is 5.80. The average Bonchev–Trinajstić information content (AvgIpc) is 2.26. The second-order valence-corrected chi connectivity index (χ2v) is 2.97. The quantitative estimate of drug-likeness (QED) is 0.701. The van der Waals surface area contributed by atoms with E-state index in [1.54, 1.807) is 12.4 Å². The van der Waals surface area contributed by atoms with Crippen molar-refractivity contribution in [3.63, 3.8) is 0 Å². The van der Waals surface area contributed by atoms with E-state index < -0.39 is 0 Å². The highest BCUT2D eigenvalue weighted by atomic mass is 15.3. The van der Waals surface area contributed by atoms with Gasteiger partial charge in [-0.3, -0.25) is 20.8 Å². The van der Waals surface area contributed by atoms with E-state index in [4.69, 9.17) is 0 Å². The Balaban J connectivity index is 2.43. The van der Waals surface area contributed by atoms with E-state index in [0.717, 1.165) is 23.0 Å². The van der Waals surface area contributed by atoms with Crippen molar-refractivity contribution in [2.24, 2.45) is 0 Å². The number of pyridine rings is 2. The number of nitrogens with zero attached hydrogens (tertiary/aromatic N) is 2. The lowest BCUT2D eigenvalue weighted by Gasteiger charge is -2.05. The molecule has 0 bridgehead atoms. The van der Waals surface area contributed by atoms with Gasteiger partial charge in [0.2, 0.25) is 0 Å². The standard InChI is InChI=1S/C10H12N4/c1-11-14-6-8-5-12-7-10-9(8)3-2-4-13-10/h2-5,7,11,14H,6H2,1H3. The molecule has 0 fully saturated rings. The van der Waals surface area contributed by atoms with E-state index in [1.165, 1.54) is 0 Å². The highest BCUT2D eigenvalue weighted by Gasteiger charge is 2.00. The maximum atomic E-state index is 4.24. The lowest BCUT2D eigenvalue weighted by Crippen LogP contribution is -2.26. The lowest BCUT2D eigenvalue weighted by atomic mass is 10.1. The van der Waals surface area contributed by atoms with E-state index in [2.05, 4.69) is 26.9 Å². The van der Waals surface area contributed by atoms with Crippen LogP contribution in [-0.4, -0.2) is 17.0 Å². The van der Waals surface area contributed by atoms with E-state index in [9.17, 15) is 0 Å². The summed E-state index contributed by atoms with van der Waals surface area (Å²) < 4.78 is 0. The van der Waals surface area contributed by atoms with Crippen LogP contribution in [0.1, 0.15) is 5.56 Å². The molecule has 4 heteroatoms. The third-order valence-corrected chi connectivity index (χ3v) is 2.07. The Bertz CT molecular complexity index is 422. The van der Waals surface area contributed by atoms with Crippen LogP contribution in [0.15, 0.2) is 30.7 Å². The van der Waals surface area contributed by atoms with Crippen LogP contribution in [0.3, 0.4) is 0 Å². The van der Waals surface area contributed by atoms with Gasteiger partial charge in [0.15, 0.2) is 0 Å². The van der Waals surface area contributed by atoms with Gasteiger partial charge in [-0.25, -0.2) is 0 Å². The first-order valence-electron chi connectivity index (χ1n) is 4.49. The van der Waals surface area contributed by atoms with E-state index in [0.29, 0.717) is 0 Å². The number of hydrogen-bond donors (Lipinski definition) is 2. The molecule has 14 heavy (non-hydrogen) atoms. The van der Waals surface area contributed by atoms with Crippen LogP contribution in [0, 0.1) is 0 Å². The molecule has 0 amide bonds. The van der Waals surface area contributed by atoms with E-state index >= 15 is 0 Å². The van der Waals surface area contributed by atoms with Crippen LogP contribution in [-0.2, 0) is 6.54 Å². The minimum Gasteiger partial charge on any atom is -0.262 e. The first-order chi connectivity index (χ1) is 6.92. The Kier molecular flexibility index (Phi) is 2.67. The van der Waals surface area contributed by atoms with Gasteiger partial charge in [0.1, 0.15) is 0 Å². The largest absolute Gasteiger partial charge is 0.262 e. The summed E-state index contributed by atoms with van der Waals surface area (Å²) in [6.07, 6.45) is 5.41. The van der Waals surface area contributed by atoms with Crippen LogP contribution in [0.5, 0.6) is 0 Å². The number of nitrogens with one attached hydrogen (secondary N) is 2. The molecule has 4 nitrogen and oxygen atoms in total. The molecule has 2 aromatic heterocycles. The Labute approximate surface area is 82.4 Å². The van der Waals surface area contributed by atoms with Crippen molar-refractivity contribution < 1.29 is 0 Å². The minimum atomic E-state index is 0.743. The highest BCUT2D eigenvalue weighted by Crippen LogP contribution is 2.13. The van der Waals surface area contributed by atoms with Crippen molar-refractivity contribution in [1.29, 1.82) is 0 Å². The number of fused-ring (bicyclic) bond motifs is 1. The predicted molar refractivity (Wildman–Crippen MR) is 55.4 cm³/mol. The van der Waals surface area contributed by atoms with Gasteiger partial charge >= 0.3 is 0 Å². The Hall–Kier alpha value is -1.52. The van der Waals surface area contributed by atoms with E-state index in [1.807, 2.05) is 19.3 Å². The topological polar surface area (TPSA) is 49.8 Å². The fourth-order valence-corrected chi connectivity index (χ4v) is 1.38. The Morgan fingerprint density at radius 3 is 3.14 bits per heavy atom. The molecule has 0 saturated heterocycles. The summed E-state index contributed by atoms with van der Waals surface area (Å²) in [4.78, 5) is 8.37. The van der Waals surface area contributed by atoms with Gasteiger partial charge in [0.05, 0.1) is 11.7 Å². The summed E-state index contributed by atoms with van der Waals surface area (Å²) in [7, 11) is 1.84. The second-order valence-electron chi connectivity index (χ2n) is 2.97. The van der Waals surface area contributed by atoms with E-state index in [-0.39, 0.29) is 0 Å². The maximum absolute atomic E-state index is 4.24. The van der Waals surface area contributed by atoms with Gasteiger partial charge < -0.3 is 0 Å². The Morgan fingerprint density at radius 1 is 1.36 bits per heavy atom. The average molecular weight is 188 g/mol. The van der Waals surface area contributed by atoms with Gasteiger partial charge in [-0.05, 0) is 18.7 Å². The zero-order valence-electron chi connectivity index (χ0n) is 7.99.